The van der Waals surface area contributed by atoms with Gasteiger partial charge in [0.05, 0.1) is 6.54 Å². The SMILES string of the molecule is CCC(=O)N1CCn2cnnc2C1. The molecule has 1 aliphatic rings. The summed E-state index contributed by atoms with van der Waals surface area (Å²) in [6, 6.07) is 0. The summed E-state index contributed by atoms with van der Waals surface area (Å²) in [5, 5.41) is 7.74. The lowest BCUT2D eigenvalue weighted by Gasteiger charge is -2.26. The fourth-order valence-electron chi connectivity index (χ4n) is 1.50. The van der Waals surface area contributed by atoms with Crippen LogP contribution in [0.3, 0.4) is 0 Å². The quantitative estimate of drug-likeness (QED) is 0.612. The van der Waals surface area contributed by atoms with Crippen molar-refractivity contribution in [3.63, 3.8) is 0 Å². The first-order valence-corrected chi connectivity index (χ1v) is 4.45. The molecule has 1 amide bonds. The molecule has 0 bridgehead atoms. The molecule has 1 aliphatic heterocycles. The fraction of sp³-hybridized carbons (Fsp3) is 0.625. The average Bonchev–Trinajstić information content (AvgIpc) is 2.63. The number of nitrogens with zero attached hydrogens (tertiary/aromatic N) is 4. The van der Waals surface area contributed by atoms with Crippen LogP contribution < -0.4 is 0 Å². The molecule has 0 fully saturated rings. The molecule has 0 radical (unpaired) electrons. The minimum absolute atomic E-state index is 0.189. The zero-order chi connectivity index (χ0) is 9.26. The maximum Gasteiger partial charge on any atom is 0.222 e. The molecule has 70 valence electrons. The number of hydrogen-bond donors (Lipinski definition) is 0. The lowest BCUT2D eigenvalue weighted by Crippen LogP contribution is -2.37. The summed E-state index contributed by atoms with van der Waals surface area (Å²) in [6.45, 7) is 4.07. The zero-order valence-corrected chi connectivity index (χ0v) is 7.60. The van der Waals surface area contributed by atoms with E-state index >= 15 is 0 Å². The zero-order valence-electron chi connectivity index (χ0n) is 7.60. The molecule has 0 unspecified atom stereocenters. The molecule has 5 nitrogen and oxygen atoms in total. The van der Waals surface area contributed by atoms with Crippen molar-refractivity contribution in [2.45, 2.75) is 26.4 Å². The maximum atomic E-state index is 11.4. The molecule has 0 saturated carbocycles. The Hall–Kier alpha value is -1.39. The number of rotatable bonds is 1. The van der Waals surface area contributed by atoms with Gasteiger partial charge in [0, 0.05) is 19.5 Å². The van der Waals surface area contributed by atoms with Gasteiger partial charge in [-0.3, -0.25) is 4.79 Å². The van der Waals surface area contributed by atoms with Gasteiger partial charge in [-0.25, -0.2) is 0 Å². The van der Waals surface area contributed by atoms with Gasteiger partial charge in [-0.1, -0.05) is 6.92 Å². The van der Waals surface area contributed by atoms with Gasteiger partial charge in [0.25, 0.3) is 0 Å². The molecule has 0 aromatic carbocycles. The lowest BCUT2D eigenvalue weighted by atomic mass is 10.3. The molecule has 0 N–H and O–H groups in total. The van der Waals surface area contributed by atoms with Gasteiger partial charge in [-0.05, 0) is 0 Å². The van der Waals surface area contributed by atoms with Gasteiger partial charge in [0.15, 0.2) is 5.82 Å². The Bertz CT molecular complexity index is 320. The second-order valence-corrected chi connectivity index (χ2v) is 3.11. The van der Waals surface area contributed by atoms with E-state index in [9.17, 15) is 4.79 Å². The fourth-order valence-corrected chi connectivity index (χ4v) is 1.50. The van der Waals surface area contributed by atoms with Gasteiger partial charge >= 0.3 is 0 Å². The Morgan fingerprint density at radius 3 is 3.23 bits per heavy atom. The summed E-state index contributed by atoms with van der Waals surface area (Å²) in [5.41, 5.74) is 0. The highest BCUT2D eigenvalue weighted by Crippen LogP contribution is 2.09. The Labute approximate surface area is 76.4 Å². The van der Waals surface area contributed by atoms with Gasteiger partial charge in [0.2, 0.25) is 5.91 Å². The number of fused-ring (bicyclic) bond motifs is 1. The topological polar surface area (TPSA) is 51.0 Å². The van der Waals surface area contributed by atoms with Crippen LogP contribution in [-0.4, -0.2) is 32.1 Å². The molecule has 2 heterocycles. The summed E-state index contributed by atoms with van der Waals surface area (Å²) in [4.78, 5) is 13.2. The van der Waals surface area contributed by atoms with Crippen LogP contribution in [0.25, 0.3) is 0 Å². The number of carbonyl (C=O) groups excluding carboxylic acids is 1. The standard InChI is InChI=1S/C8H12N4O/c1-2-8(13)11-3-4-12-6-9-10-7(12)5-11/h6H,2-5H2,1H3. The van der Waals surface area contributed by atoms with Crippen LogP contribution in [-0.2, 0) is 17.9 Å². The number of aromatic nitrogens is 3. The highest BCUT2D eigenvalue weighted by molar-refractivity contribution is 5.75. The van der Waals surface area contributed by atoms with E-state index in [1.54, 1.807) is 6.33 Å². The maximum absolute atomic E-state index is 11.4. The highest BCUT2D eigenvalue weighted by atomic mass is 16.2. The van der Waals surface area contributed by atoms with Crippen LogP contribution in [0, 0.1) is 0 Å². The third-order valence-corrected chi connectivity index (χ3v) is 2.29. The van der Waals surface area contributed by atoms with Crippen molar-refractivity contribution in [3.8, 4) is 0 Å². The predicted molar refractivity (Wildman–Crippen MR) is 45.7 cm³/mol. The summed E-state index contributed by atoms with van der Waals surface area (Å²) in [5.74, 6) is 1.07. The summed E-state index contributed by atoms with van der Waals surface area (Å²) < 4.78 is 1.99. The van der Waals surface area contributed by atoms with E-state index in [0.717, 1.165) is 18.9 Å². The van der Waals surface area contributed by atoms with Crippen LogP contribution in [0.4, 0.5) is 0 Å². The molecule has 0 spiro atoms. The molecule has 1 aromatic heterocycles. The van der Waals surface area contributed by atoms with Crippen molar-refractivity contribution < 1.29 is 4.79 Å². The van der Waals surface area contributed by atoms with Crippen molar-refractivity contribution in [1.29, 1.82) is 0 Å². The Morgan fingerprint density at radius 2 is 2.46 bits per heavy atom. The van der Waals surface area contributed by atoms with Crippen molar-refractivity contribution in [2.24, 2.45) is 0 Å². The van der Waals surface area contributed by atoms with Crippen LogP contribution in [0.2, 0.25) is 0 Å². The van der Waals surface area contributed by atoms with Crippen molar-refractivity contribution in [3.05, 3.63) is 12.2 Å². The molecule has 0 aliphatic carbocycles. The highest BCUT2D eigenvalue weighted by Gasteiger charge is 2.19. The Morgan fingerprint density at radius 1 is 1.62 bits per heavy atom. The van der Waals surface area contributed by atoms with Crippen molar-refractivity contribution in [1.82, 2.24) is 19.7 Å². The predicted octanol–water partition coefficient (Wildman–Crippen LogP) is 0.0303. The lowest BCUT2D eigenvalue weighted by molar-refractivity contribution is -0.132. The minimum Gasteiger partial charge on any atom is -0.333 e. The first kappa shape index (κ1) is 8.22. The van der Waals surface area contributed by atoms with E-state index < -0.39 is 0 Å². The molecular formula is C8H12N4O. The first-order valence-electron chi connectivity index (χ1n) is 4.45. The molecule has 1 aromatic rings. The van der Waals surface area contributed by atoms with Gasteiger partial charge in [-0.2, -0.15) is 0 Å². The Kier molecular flexibility index (Phi) is 2.00. The average molecular weight is 180 g/mol. The molecule has 13 heavy (non-hydrogen) atoms. The largest absolute Gasteiger partial charge is 0.333 e. The molecule has 5 heteroatoms. The number of amides is 1. The molecule has 0 saturated heterocycles. The van der Waals surface area contributed by atoms with E-state index in [0.29, 0.717) is 13.0 Å². The van der Waals surface area contributed by atoms with Gasteiger partial charge in [-0.15, -0.1) is 10.2 Å². The summed E-state index contributed by atoms with van der Waals surface area (Å²) in [6.07, 6.45) is 2.28. The van der Waals surface area contributed by atoms with E-state index in [-0.39, 0.29) is 5.91 Å². The van der Waals surface area contributed by atoms with Crippen LogP contribution in [0.5, 0.6) is 0 Å². The smallest absolute Gasteiger partial charge is 0.222 e. The van der Waals surface area contributed by atoms with E-state index in [4.69, 9.17) is 0 Å². The van der Waals surface area contributed by atoms with Crippen LogP contribution >= 0.6 is 0 Å². The number of hydrogen-bond acceptors (Lipinski definition) is 3. The second kappa shape index (κ2) is 3.16. The number of carbonyl (C=O) groups is 1. The normalized spacial score (nSPS) is 15.6. The van der Waals surface area contributed by atoms with Crippen molar-refractivity contribution >= 4 is 5.91 Å². The first-order chi connectivity index (χ1) is 6.31. The monoisotopic (exact) mass is 180 g/mol. The summed E-state index contributed by atoms with van der Waals surface area (Å²) in [7, 11) is 0. The van der Waals surface area contributed by atoms with Crippen molar-refractivity contribution in [2.75, 3.05) is 6.54 Å². The van der Waals surface area contributed by atoms with Gasteiger partial charge < -0.3 is 9.47 Å². The third kappa shape index (κ3) is 1.41. The van der Waals surface area contributed by atoms with Crippen LogP contribution in [0.1, 0.15) is 19.2 Å². The minimum atomic E-state index is 0.189. The van der Waals surface area contributed by atoms with E-state index in [1.807, 2.05) is 16.4 Å². The molecule has 2 rings (SSSR count). The molecular weight excluding hydrogens is 168 g/mol. The van der Waals surface area contributed by atoms with E-state index in [1.165, 1.54) is 0 Å². The second-order valence-electron chi connectivity index (χ2n) is 3.11. The molecule has 0 atom stereocenters. The third-order valence-electron chi connectivity index (χ3n) is 2.29. The Balaban J connectivity index is 2.13. The van der Waals surface area contributed by atoms with E-state index in [2.05, 4.69) is 10.2 Å². The van der Waals surface area contributed by atoms with Crippen LogP contribution in [0.15, 0.2) is 6.33 Å². The summed E-state index contributed by atoms with van der Waals surface area (Å²) >= 11 is 0. The van der Waals surface area contributed by atoms with Gasteiger partial charge in [0.1, 0.15) is 6.33 Å².